The summed E-state index contributed by atoms with van der Waals surface area (Å²) in [5, 5.41) is 12.1. The molecule has 2 rings (SSSR count). The van der Waals surface area contributed by atoms with Crippen LogP contribution in [0.1, 0.15) is 64.7 Å². The van der Waals surface area contributed by atoms with Crippen LogP contribution in [0.15, 0.2) is 0 Å². The third-order valence-electron chi connectivity index (χ3n) is 5.56. The quantitative estimate of drug-likeness (QED) is 0.818. The highest BCUT2D eigenvalue weighted by Gasteiger charge is 2.30. The van der Waals surface area contributed by atoms with Crippen LogP contribution in [0.3, 0.4) is 0 Å². The Labute approximate surface area is 127 Å². The number of rotatable bonds is 5. The van der Waals surface area contributed by atoms with Crippen molar-refractivity contribution >= 4 is 11.9 Å². The van der Waals surface area contributed by atoms with Gasteiger partial charge in [-0.05, 0) is 50.4 Å². The van der Waals surface area contributed by atoms with Crippen LogP contribution in [-0.4, -0.2) is 23.5 Å². The molecule has 0 aromatic rings. The van der Waals surface area contributed by atoms with Gasteiger partial charge in [-0.1, -0.05) is 26.2 Å². The summed E-state index contributed by atoms with van der Waals surface area (Å²) in [5.41, 5.74) is 0. The molecular formula is C17H29NO3. The van der Waals surface area contributed by atoms with Crippen molar-refractivity contribution < 1.29 is 14.7 Å². The molecule has 0 saturated heterocycles. The number of carbonyl (C=O) groups excluding carboxylic acids is 1. The molecule has 2 aliphatic rings. The molecule has 2 aliphatic carbocycles. The molecule has 0 aliphatic heterocycles. The lowest BCUT2D eigenvalue weighted by Crippen LogP contribution is -2.37. The first-order valence-electron chi connectivity index (χ1n) is 8.60. The fourth-order valence-electron chi connectivity index (χ4n) is 3.84. The van der Waals surface area contributed by atoms with Gasteiger partial charge in [-0.25, -0.2) is 0 Å². The summed E-state index contributed by atoms with van der Waals surface area (Å²) < 4.78 is 0. The van der Waals surface area contributed by atoms with E-state index in [1.807, 2.05) is 0 Å². The van der Waals surface area contributed by atoms with Gasteiger partial charge in [0.2, 0.25) is 5.91 Å². The molecule has 2 N–H and O–H groups in total. The van der Waals surface area contributed by atoms with Gasteiger partial charge in [0.05, 0.1) is 5.92 Å². The van der Waals surface area contributed by atoms with Crippen molar-refractivity contribution in [2.45, 2.75) is 64.7 Å². The Balaban J connectivity index is 1.65. The van der Waals surface area contributed by atoms with Crippen LogP contribution < -0.4 is 5.32 Å². The minimum atomic E-state index is -0.707. The molecule has 4 nitrogen and oxygen atoms in total. The SMILES string of the molecule is CCC1CCC(CNC(=O)C2CCC(C(=O)O)CC2)CC1. The summed E-state index contributed by atoms with van der Waals surface area (Å²) in [6, 6.07) is 0. The average molecular weight is 295 g/mol. The summed E-state index contributed by atoms with van der Waals surface area (Å²) in [5.74, 6) is 0.777. The van der Waals surface area contributed by atoms with Crippen LogP contribution in [0.5, 0.6) is 0 Å². The van der Waals surface area contributed by atoms with Crippen LogP contribution in [0, 0.1) is 23.7 Å². The third-order valence-corrected chi connectivity index (χ3v) is 5.56. The van der Waals surface area contributed by atoms with Gasteiger partial charge in [-0.3, -0.25) is 9.59 Å². The normalized spacial score (nSPS) is 33.4. The van der Waals surface area contributed by atoms with Crippen LogP contribution in [0.4, 0.5) is 0 Å². The van der Waals surface area contributed by atoms with E-state index < -0.39 is 5.97 Å². The molecule has 2 saturated carbocycles. The summed E-state index contributed by atoms with van der Waals surface area (Å²) in [6.45, 7) is 3.08. The largest absolute Gasteiger partial charge is 0.481 e. The molecule has 4 heteroatoms. The Hall–Kier alpha value is -1.06. The van der Waals surface area contributed by atoms with Gasteiger partial charge in [0.25, 0.3) is 0 Å². The maximum absolute atomic E-state index is 12.2. The van der Waals surface area contributed by atoms with Crippen molar-refractivity contribution in [2.24, 2.45) is 23.7 Å². The van der Waals surface area contributed by atoms with Crippen LogP contribution >= 0.6 is 0 Å². The second kappa shape index (κ2) is 7.81. The molecule has 0 aromatic carbocycles. The monoisotopic (exact) mass is 295 g/mol. The van der Waals surface area contributed by atoms with E-state index in [1.165, 1.54) is 32.1 Å². The number of carboxylic acids is 1. The van der Waals surface area contributed by atoms with E-state index >= 15 is 0 Å². The van der Waals surface area contributed by atoms with E-state index in [2.05, 4.69) is 12.2 Å². The van der Waals surface area contributed by atoms with Gasteiger partial charge < -0.3 is 10.4 Å². The average Bonchev–Trinajstić information content (AvgIpc) is 2.53. The number of amides is 1. The zero-order chi connectivity index (χ0) is 15.2. The predicted molar refractivity (Wildman–Crippen MR) is 81.8 cm³/mol. The molecule has 2 fully saturated rings. The number of carbonyl (C=O) groups is 2. The zero-order valence-electron chi connectivity index (χ0n) is 13.1. The smallest absolute Gasteiger partial charge is 0.306 e. The van der Waals surface area contributed by atoms with Crippen molar-refractivity contribution in [1.82, 2.24) is 5.32 Å². The standard InChI is InChI=1S/C17H29NO3/c1-2-12-3-5-13(6-4-12)11-18-16(19)14-7-9-15(10-8-14)17(20)21/h12-15H,2-11H2,1H3,(H,18,19)(H,20,21). The van der Waals surface area contributed by atoms with E-state index in [1.54, 1.807) is 0 Å². The topological polar surface area (TPSA) is 66.4 Å². The molecule has 0 heterocycles. The molecule has 0 atom stereocenters. The highest BCUT2D eigenvalue weighted by atomic mass is 16.4. The fourth-order valence-corrected chi connectivity index (χ4v) is 3.84. The first-order chi connectivity index (χ1) is 10.1. The second-order valence-electron chi connectivity index (χ2n) is 6.93. The molecule has 0 unspecified atom stereocenters. The van der Waals surface area contributed by atoms with Crippen molar-refractivity contribution in [3.8, 4) is 0 Å². The lowest BCUT2D eigenvalue weighted by Gasteiger charge is -2.29. The minimum Gasteiger partial charge on any atom is -0.481 e. The molecule has 21 heavy (non-hydrogen) atoms. The number of hydrogen-bond donors (Lipinski definition) is 2. The third kappa shape index (κ3) is 4.72. The fraction of sp³-hybridized carbons (Fsp3) is 0.882. The van der Waals surface area contributed by atoms with Gasteiger partial charge in [-0.15, -0.1) is 0 Å². The van der Waals surface area contributed by atoms with E-state index in [-0.39, 0.29) is 17.7 Å². The summed E-state index contributed by atoms with van der Waals surface area (Å²) >= 11 is 0. The van der Waals surface area contributed by atoms with E-state index in [4.69, 9.17) is 5.11 Å². The highest BCUT2D eigenvalue weighted by molar-refractivity contribution is 5.79. The summed E-state index contributed by atoms with van der Waals surface area (Å²) in [6.07, 6.45) is 9.13. The molecule has 120 valence electrons. The Morgan fingerprint density at radius 2 is 1.43 bits per heavy atom. The van der Waals surface area contributed by atoms with Crippen LogP contribution in [0.25, 0.3) is 0 Å². The van der Waals surface area contributed by atoms with E-state index in [9.17, 15) is 9.59 Å². The van der Waals surface area contributed by atoms with Crippen LogP contribution in [-0.2, 0) is 9.59 Å². The Bertz CT molecular complexity index is 353. The minimum absolute atomic E-state index is 0.0348. The first-order valence-corrected chi connectivity index (χ1v) is 8.60. The van der Waals surface area contributed by atoms with Crippen molar-refractivity contribution in [3.05, 3.63) is 0 Å². The molecule has 0 radical (unpaired) electrons. The van der Waals surface area contributed by atoms with Crippen LogP contribution in [0.2, 0.25) is 0 Å². The molecular weight excluding hydrogens is 266 g/mol. The van der Waals surface area contributed by atoms with Gasteiger partial charge >= 0.3 is 5.97 Å². The van der Waals surface area contributed by atoms with Crippen molar-refractivity contribution in [3.63, 3.8) is 0 Å². The lowest BCUT2D eigenvalue weighted by molar-refractivity contribution is -0.144. The first kappa shape index (κ1) is 16.3. The number of aliphatic carboxylic acids is 1. The van der Waals surface area contributed by atoms with Gasteiger partial charge in [-0.2, -0.15) is 0 Å². The van der Waals surface area contributed by atoms with E-state index in [0.29, 0.717) is 18.8 Å². The Kier molecular flexibility index (Phi) is 6.07. The molecule has 1 amide bonds. The molecule has 0 aromatic heterocycles. The maximum atomic E-state index is 12.2. The maximum Gasteiger partial charge on any atom is 0.306 e. The van der Waals surface area contributed by atoms with Gasteiger partial charge in [0.15, 0.2) is 0 Å². The van der Waals surface area contributed by atoms with Gasteiger partial charge in [0.1, 0.15) is 0 Å². The second-order valence-corrected chi connectivity index (χ2v) is 6.93. The van der Waals surface area contributed by atoms with E-state index in [0.717, 1.165) is 25.3 Å². The Morgan fingerprint density at radius 3 is 1.95 bits per heavy atom. The van der Waals surface area contributed by atoms with Crippen molar-refractivity contribution in [1.29, 1.82) is 0 Å². The lowest BCUT2D eigenvalue weighted by atomic mass is 9.80. The molecule has 0 spiro atoms. The Morgan fingerprint density at radius 1 is 0.905 bits per heavy atom. The number of hydrogen-bond acceptors (Lipinski definition) is 2. The molecule has 0 bridgehead atoms. The summed E-state index contributed by atoms with van der Waals surface area (Å²) in [4.78, 5) is 23.1. The van der Waals surface area contributed by atoms with Gasteiger partial charge in [0, 0.05) is 12.5 Å². The number of carboxylic acid groups (broad SMARTS) is 1. The predicted octanol–water partition coefficient (Wildman–Crippen LogP) is 3.21. The highest BCUT2D eigenvalue weighted by Crippen LogP contribution is 2.31. The number of nitrogens with one attached hydrogen (secondary N) is 1. The zero-order valence-corrected chi connectivity index (χ0v) is 13.1. The van der Waals surface area contributed by atoms with Crippen molar-refractivity contribution in [2.75, 3.05) is 6.54 Å². The summed E-state index contributed by atoms with van der Waals surface area (Å²) in [7, 11) is 0.